The first-order chi connectivity index (χ1) is 18.3. The maximum Gasteiger partial charge on any atom is 0.247 e. The zero-order valence-electron chi connectivity index (χ0n) is 20.6. The number of aromatic amines is 1. The molecule has 0 radical (unpaired) electrons. The molecule has 3 aromatic carbocycles. The van der Waals surface area contributed by atoms with E-state index in [1.54, 1.807) is 12.3 Å². The van der Waals surface area contributed by atoms with Crippen LogP contribution in [0, 0.1) is 0 Å². The summed E-state index contributed by atoms with van der Waals surface area (Å²) in [5.41, 5.74) is 3.89. The van der Waals surface area contributed by atoms with Gasteiger partial charge in [-0.05, 0) is 28.3 Å². The lowest BCUT2D eigenvalue weighted by Gasteiger charge is -2.25. The number of ether oxygens (including phenoxy) is 4. The van der Waals surface area contributed by atoms with Gasteiger partial charge >= 0.3 is 0 Å². The fourth-order valence-electron chi connectivity index (χ4n) is 4.51. The Morgan fingerprint density at radius 3 is 1.73 bits per heavy atom. The fourth-order valence-corrected chi connectivity index (χ4v) is 4.51. The summed E-state index contributed by atoms with van der Waals surface area (Å²) in [5, 5.41) is 0. The number of H-pyrrole nitrogens is 1. The summed E-state index contributed by atoms with van der Waals surface area (Å²) in [6.07, 6.45) is 0.126. The Morgan fingerprint density at radius 2 is 1.19 bits per heavy atom. The van der Waals surface area contributed by atoms with E-state index in [1.165, 1.54) is 6.07 Å². The molecule has 2 heterocycles. The summed E-state index contributed by atoms with van der Waals surface area (Å²) in [4.78, 5) is 14.5. The van der Waals surface area contributed by atoms with Gasteiger partial charge in [-0.1, -0.05) is 91.0 Å². The van der Waals surface area contributed by atoms with Crippen LogP contribution in [0.1, 0.15) is 28.4 Å². The van der Waals surface area contributed by atoms with Crippen LogP contribution in [0.2, 0.25) is 0 Å². The molecule has 5 rings (SSSR count). The molecule has 1 saturated heterocycles. The van der Waals surface area contributed by atoms with E-state index >= 15 is 0 Å². The molecule has 0 aliphatic carbocycles. The third kappa shape index (κ3) is 6.81. The fraction of sp³-hybridized carbons (Fsp3) is 0.258. The highest BCUT2D eigenvalue weighted by Crippen LogP contribution is 2.38. The molecule has 0 spiro atoms. The smallest absolute Gasteiger partial charge is 0.247 e. The molecular weight excluding hydrogens is 466 g/mol. The zero-order valence-corrected chi connectivity index (χ0v) is 20.6. The molecule has 4 aromatic rings. The van der Waals surface area contributed by atoms with Crippen molar-refractivity contribution < 1.29 is 18.9 Å². The van der Waals surface area contributed by atoms with Gasteiger partial charge < -0.3 is 23.9 Å². The van der Waals surface area contributed by atoms with E-state index in [4.69, 9.17) is 18.9 Å². The number of pyridine rings is 1. The van der Waals surface area contributed by atoms with Crippen LogP contribution in [0.25, 0.3) is 0 Å². The third-order valence-electron chi connectivity index (χ3n) is 6.41. The molecule has 0 amide bonds. The van der Waals surface area contributed by atoms with Crippen LogP contribution < -0.4 is 5.56 Å². The molecule has 37 heavy (non-hydrogen) atoms. The third-order valence-corrected chi connectivity index (χ3v) is 6.41. The first-order valence-electron chi connectivity index (χ1n) is 12.5. The lowest BCUT2D eigenvalue weighted by atomic mass is 10.0. The molecule has 1 fully saturated rings. The van der Waals surface area contributed by atoms with E-state index in [2.05, 4.69) is 4.98 Å². The lowest BCUT2D eigenvalue weighted by Crippen LogP contribution is -2.37. The summed E-state index contributed by atoms with van der Waals surface area (Å²) in [7, 11) is 0. The van der Waals surface area contributed by atoms with Gasteiger partial charge in [0.25, 0.3) is 0 Å². The van der Waals surface area contributed by atoms with Crippen molar-refractivity contribution in [1.82, 2.24) is 4.98 Å². The number of hydrogen-bond donors (Lipinski definition) is 1. The highest BCUT2D eigenvalue weighted by molar-refractivity contribution is 5.19. The van der Waals surface area contributed by atoms with Gasteiger partial charge in [0.15, 0.2) is 0 Å². The Hall–Kier alpha value is -3.55. The molecule has 0 bridgehead atoms. The number of benzene rings is 3. The van der Waals surface area contributed by atoms with Gasteiger partial charge in [-0.15, -0.1) is 0 Å². The Bertz CT molecular complexity index is 1260. The molecule has 1 aliphatic rings. The topological polar surface area (TPSA) is 69.8 Å². The Balaban J connectivity index is 1.37. The van der Waals surface area contributed by atoms with Gasteiger partial charge in [-0.2, -0.15) is 0 Å². The van der Waals surface area contributed by atoms with Gasteiger partial charge in [0.2, 0.25) is 5.56 Å². The van der Waals surface area contributed by atoms with Crippen LogP contribution in [0.3, 0.4) is 0 Å². The van der Waals surface area contributed by atoms with Crippen molar-refractivity contribution in [3.05, 3.63) is 142 Å². The molecular formula is C31H31NO5. The molecule has 0 unspecified atom stereocenters. The maximum atomic E-state index is 11.7. The van der Waals surface area contributed by atoms with Crippen LogP contribution in [-0.4, -0.2) is 29.9 Å². The summed E-state index contributed by atoms with van der Waals surface area (Å²) >= 11 is 0. The van der Waals surface area contributed by atoms with Crippen LogP contribution in [0.15, 0.2) is 114 Å². The van der Waals surface area contributed by atoms with Crippen LogP contribution in [-0.2, 0) is 38.8 Å². The van der Waals surface area contributed by atoms with E-state index in [0.29, 0.717) is 26.4 Å². The van der Waals surface area contributed by atoms with E-state index in [9.17, 15) is 4.79 Å². The first kappa shape index (κ1) is 25.1. The van der Waals surface area contributed by atoms with Crippen molar-refractivity contribution in [2.24, 2.45) is 0 Å². The average Bonchev–Trinajstić information content (AvgIpc) is 3.30. The van der Waals surface area contributed by atoms with Crippen molar-refractivity contribution in [1.29, 1.82) is 0 Å². The Morgan fingerprint density at radius 1 is 0.649 bits per heavy atom. The normalized spacial score (nSPS) is 21.2. The summed E-state index contributed by atoms with van der Waals surface area (Å²) in [6, 6.07) is 33.4. The lowest BCUT2D eigenvalue weighted by molar-refractivity contribution is -0.0898. The number of aromatic nitrogens is 1. The minimum atomic E-state index is -0.424. The largest absolute Gasteiger partial charge is 0.374 e. The second kappa shape index (κ2) is 12.6. The predicted octanol–water partition coefficient (Wildman–Crippen LogP) is 5.20. The molecule has 1 aliphatic heterocycles. The van der Waals surface area contributed by atoms with Gasteiger partial charge in [-0.25, -0.2) is 0 Å². The summed E-state index contributed by atoms with van der Waals surface area (Å²) < 4.78 is 25.6. The molecule has 1 aromatic heterocycles. The number of rotatable bonds is 11. The molecule has 0 saturated carbocycles. The molecule has 1 N–H and O–H groups in total. The summed E-state index contributed by atoms with van der Waals surface area (Å²) in [5.74, 6) is 0. The SMILES string of the molecule is O=c1ccc([C@@H]2O[C@H](COCc3ccccc3)[C@@H](OCc3ccccc3)[C@H]2OCc2ccccc2)c[nH]1. The zero-order chi connectivity index (χ0) is 25.3. The van der Waals surface area contributed by atoms with Gasteiger partial charge in [0.05, 0.1) is 26.4 Å². The second-order valence-corrected chi connectivity index (χ2v) is 9.10. The van der Waals surface area contributed by atoms with Crippen LogP contribution >= 0.6 is 0 Å². The van der Waals surface area contributed by atoms with Gasteiger partial charge in [-0.3, -0.25) is 4.79 Å². The van der Waals surface area contributed by atoms with Crippen LogP contribution in [0.5, 0.6) is 0 Å². The van der Waals surface area contributed by atoms with Crippen LogP contribution in [0.4, 0.5) is 0 Å². The van der Waals surface area contributed by atoms with E-state index in [0.717, 1.165) is 22.3 Å². The maximum absolute atomic E-state index is 11.7. The van der Waals surface area contributed by atoms with E-state index < -0.39 is 12.2 Å². The average molecular weight is 498 g/mol. The Labute approximate surface area is 216 Å². The number of hydrogen-bond acceptors (Lipinski definition) is 5. The molecule has 4 atom stereocenters. The summed E-state index contributed by atoms with van der Waals surface area (Å²) in [6.45, 7) is 1.66. The molecule has 6 heteroatoms. The highest BCUT2D eigenvalue weighted by Gasteiger charge is 2.47. The Kier molecular flexibility index (Phi) is 8.56. The second-order valence-electron chi connectivity index (χ2n) is 9.10. The predicted molar refractivity (Wildman–Crippen MR) is 141 cm³/mol. The monoisotopic (exact) mass is 497 g/mol. The minimum Gasteiger partial charge on any atom is -0.374 e. The van der Waals surface area contributed by atoms with Crippen molar-refractivity contribution in [2.45, 2.75) is 44.2 Å². The van der Waals surface area contributed by atoms with Crippen molar-refractivity contribution in [2.75, 3.05) is 6.61 Å². The van der Waals surface area contributed by atoms with E-state index in [-0.39, 0.29) is 17.8 Å². The molecule has 6 nitrogen and oxygen atoms in total. The van der Waals surface area contributed by atoms with Gasteiger partial charge in [0.1, 0.15) is 24.4 Å². The van der Waals surface area contributed by atoms with E-state index in [1.807, 2.05) is 91.0 Å². The van der Waals surface area contributed by atoms with Gasteiger partial charge in [0, 0.05) is 12.3 Å². The standard InChI is InChI=1S/C31H31NO5/c33-28-17-16-26(18-32-28)29-31(36-21-25-14-8-3-9-15-25)30(35-20-24-12-6-2-7-13-24)27(37-29)22-34-19-23-10-4-1-5-11-23/h1-18,27,29-31H,19-22H2,(H,32,33)/t27-,29+,30-,31+/m1/s1. The molecule has 190 valence electrons. The quantitative estimate of drug-likeness (QED) is 0.308. The number of nitrogens with one attached hydrogen (secondary N) is 1. The van der Waals surface area contributed by atoms with Crippen molar-refractivity contribution in [3.8, 4) is 0 Å². The first-order valence-corrected chi connectivity index (χ1v) is 12.5. The highest BCUT2D eigenvalue weighted by atomic mass is 16.6. The van der Waals surface area contributed by atoms with Crippen molar-refractivity contribution >= 4 is 0 Å². The van der Waals surface area contributed by atoms with Crippen molar-refractivity contribution in [3.63, 3.8) is 0 Å². The minimum absolute atomic E-state index is 0.164.